The molecule has 0 fully saturated rings. The summed E-state index contributed by atoms with van der Waals surface area (Å²) < 4.78 is 38.6. The van der Waals surface area contributed by atoms with E-state index in [-0.39, 0.29) is 5.13 Å². The van der Waals surface area contributed by atoms with Crippen molar-refractivity contribution in [3.8, 4) is 11.3 Å². The monoisotopic (exact) mass is 392 g/mol. The Morgan fingerprint density at radius 3 is 2.74 bits per heavy atom. The number of aromatic nitrogens is 3. The Kier molecular flexibility index (Phi) is 5.22. The van der Waals surface area contributed by atoms with Crippen molar-refractivity contribution in [2.45, 2.75) is 26.4 Å². The zero-order valence-corrected chi connectivity index (χ0v) is 15.3. The van der Waals surface area contributed by atoms with Crippen LogP contribution in [0.25, 0.3) is 11.3 Å². The molecule has 3 aromatic rings. The fourth-order valence-corrected chi connectivity index (χ4v) is 3.17. The average Bonchev–Trinajstić information content (AvgIpc) is 3.09. The second-order valence-corrected chi connectivity index (χ2v) is 6.56. The fourth-order valence-electron chi connectivity index (χ4n) is 2.46. The first-order chi connectivity index (χ1) is 12.8. The number of hydrogen-bond donors (Lipinski definition) is 1. The van der Waals surface area contributed by atoms with Gasteiger partial charge in [-0.15, -0.1) is 11.3 Å². The Morgan fingerprint density at radius 1 is 1.26 bits per heavy atom. The Morgan fingerprint density at radius 2 is 2.04 bits per heavy atom. The number of carbonyl (C=O) groups is 1. The number of carbonyl (C=O) groups excluding carboxylic acids is 1. The van der Waals surface area contributed by atoms with E-state index >= 15 is 0 Å². The highest BCUT2D eigenvalue weighted by molar-refractivity contribution is 7.14. The van der Waals surface area contributed by atoms with Gasteiger partial charge in [0.25, 0.3) is 5.91 Å². The third-order valence-electron chi connectivity index (χ3n) is 3.78. The molecule has 0 unspecified atom stereocenters. The molecular formula is C18H15F3N4OS. The van der Waals surface area contributed by atoms with Gasteiger partial charge in [-0.1, -0.05) is 19.1 Å². The maximum absolute atomic E-state index is 12.9. The van der Waals surface area contributed by atoms with Gasteiger partial charge in [-0.3, -0.25) is 10.1 Å². The topological polar surface area (TPSA) is 67.8 Å². The highest BCUT2D eigenvalue weighted by Crippen LogP contribution is 2.33. The summed E-state index contributed by atoms with van der Waals surface area (Å²) in [6.45, 7) is 3.62. The van der Waals surface area contributed by atoms with Crippen LogP contribution in [0, 0.1) is 6.92 Å². The van der Waals surface area contributed by atoms with E-state index in [9.17, 15) is 18.0 Å². The molecule has 0 saturated carbocycles. The second kappa shape index (κ2) is 7.43. The molecule has 0 radical (unpaired) electrons. The zero-order chi connectivity index (χ0) is 19.6. The van der Waals surface area contributed by atoms with Crippen molar-refractivity contribution >= 4 is 22.4 Å². The molecule has 9 heteroatoms. The summed E-state index contributed by atoms with van der Waals surface area (Å²) in [5, 5.41) is 4.54. The Balaban J connectivity index is 1.82. The van der Waals surface area contributed by atoms with Gasteiger partial charge in [0.05, 0.1) is 22.5 Å². The van der Waals surface area contributed by atoms with Gasteiger partial charge in [0.1, 0.15) is 5.82 Å². The molecule has 1 amide bonds. The van der Waals surface area contributed by atoms with Gasteiger partial charge >= 0.3 is 6.18 Å². The average molecular weight is 392 g/mol. The maximum atomic E-state index is 12.9. The first-order valence-electron chi connectivity index (χ1n) is 8.05. The third-order valence-corrected chi connectivity index (χ3v) is 4.54. The summed E-state index contributed by atoms with van der Waals surface area (Å²) in [5.74, 6) is 0.168. The molecule has 1 aromatic carbocycles. The van der Waals surface area contributed by atoms with Gasteiger partial charge in [0.15, 0.2) is 5.13 Å². The number of halogens is 3. The van der Waals surface area contributed by atoms with E-state index in [0.717, 1.165) is 23.5 Å². The van der Waals surface area contributed by atoms with Gasteiger partial charge in [0.2, 0.25) is 0 Å². The van der Waals surface area contributed by atoms with Crippen LogP contribution in [0.15, 0.2) is 35.8 Å². The minimum absolute atomic E-state index is 0.287. The van der Waals surface area contributed by atoms with Crippen LogP contribution in [0.2, 0.25) is 0 Å². The van der Waals surface area contributed by atoms with E-state index in [1.807, 2.05) is 6.92 Å². The maximum Gasteiger partial charge on any atom is 0.416 e. The van der Waals surface area contributed by atoms with Gasteiger partial charge in [-0.05, 0) is 25.5 Å². The number of amides is 1. The SMILES string of the molecule is CCc1nc(C)ncc1C(=O)Nc1nc(-c2cccc(C(F)(F)F)c2)cs1. The highest BCUT2D eigenvalue weighted by atomic mass is 32.1. The van der Waals surface area contributed by atoms with Crippen LogP contribution in [-0.4, -0.2) is 20.9 Å². The summed E-state index contributed by atoms with van der Waals surface area (Å²) in [6.07, 6.45) is -2.40. The molecule has 0 saturated heterocycles. The van der Waals surface area contributed by atoms with Crippen LogP contribution >= 0.6 is 11.3 Å². The van der Waals surface area contributed by atoms with Crippen LogP contribution in [0.1, 0.15) is 34.4 Å². The normalized spacial score (nSPS) is 11.4. The lowest BCUT2D eigenvalue weighted by Gasteiger charge is -2.07. The molecule has 0 spiro atoms. The molecule has 0 atom stereocenters. The van der Waals surface area contributed by atoms with E-state index in [1.165, 1.54) is 12.3 Å². The van der Waals surface area contributed by atoms with Crippen molar-refractivity contribution in [1.29, 1.82) is 0 Å². The molecule has 2 aromatic heterocycles. The Hall–Kier alpha value is -2.81. The van der Waals surface area contributed by atoms with Crippen LogP contribution in [0.4, 0.5) is 18.3 Å². The van der Waals surface area contributed by atoms with E-state index in [2.05, 4.69) is 20.3 Å². The van der Waals surface area contributed by atoms with Crippen molar-refractivity contribution in [2.75, 3.05) is 5.32 Å². The molecule has 2 heterocycles. The molecule has 1 N–H and O–H groups in total. The number of nitrogens with zero attached hydrogens (tertiary/aromatic N) is 3. The van der Waals surface area contributed by atoms with E-state index in [1.54, 1.807) is 18.4 Å². The smallest absolute Gasteiger partial charge is 0.298 e. The summed E-state index contributed by atoms with van der Waals surface area (Å²) in [5.41, 5.74) is 0.906. The summed E-state index contributed by atoms with van der Waals surface area (Å²) in [4.78, 5) is 25.0. The molecule has 0 bridgehead atoms. The van der Waals surface area contributed by atoms with Gasteiger partial charge in [-0.25, -0.2) is 15.0 Å². The summed E-state index contributed by atoms with van der Waals surface area (Å²) in [6, 6.07) is 4.90. The van der Waals surface area contributed by atoms with Crippen molar-refractivity contribution in [3.63, 3.8) is 0 Å². The number of benzene rings is 1. The number of alkyl halides is 3. The lowest BCUT2D eigenvalue weighted by Crippen LogP contribution is -2.16. The minimum Gasteiger partial charge on any atom is -0.298 e. The van der Waals surface area contributed by atoms with Gasteiger partial charge in [0, 0.05) is 17.1 Å². The number of aryl methyl sites for hydroxylation is 2. The number of anilines is 1. The quantitative estimate of drug-likeness (QED) is 0.696. The lowest BCUT2D eigenvalue weighted by atomic mass is 10.1. The van der Waals surface area contributed by atoms with Crippen molar-refractivity contribution in [1.82, 2.24) is 15.0 Å². The number of rotatable bonds is 4. The standard InChI is InChI=1S/C18H15F3N4OS/c1-3-14-13(8-22-10(2)23-14)16(26)25-17-24-15(9-27-17)11-5-4-6-12(7-11)18(19,20)21/h4-9H,3H2,1-2H3,(H,24,25,26). The first-order valence-corrected chi connectivity index (χ1v) is 8.93. The van der Waals surface area contributed by atoms with E-state index < -0.39 is 17.6 Å². The van der Waals surface area contributed by atoms with Gasteiger partial charge in [-0.2, -0.15) is 13.2 Å². The molecule has 27 heavy (non-hydrogen) atoms. The number of nitrogens with one attached hydrogen (secondary N) is 1. The highest BCUT2D eigenvalue weighted by Gasteiger charge is 2.30. The Labute approximate surface area is 157 Å². The van der Waals surface area contributed by atoms with Crippen molar-refractivity contribution in [2.24, 2.45) is 0 Å². The van der Waals surface area contributed by atoms with Crippen LogP contribution in [0.5, 0.6) is 0 Å². The van der Waals surface area contributed by atoms with Crippen molar-refractivity contribution < 1.29 is 18.0 Å². The predicted molar refractivity (Wildman–Crippen MR) is 96.7 cm³/mol. The molecule has 0 aliphatic carbocycles. The second-order valence-electron chi connectivity index (χ2n) is 5.70. The van der Waals surface area contributed by atoms with Gasteiger partial charge < -0.3 is 0 Å². The first kappa shape index (κ1) is 19.0. The molecule has 5 nitrogen and oxygen atoms in total. The van der Waals surface area contributed by atoms with Crippen LogP contribution < -0.4 is 5.32 Å². The predicted octanol–water partition coefficient (Wildman–Crippen LogP) is 4.74. The molecular weight excluding hydrogens is 377 g/mol. The molecule has 0 aliphatic rings. The number of thiazole rings is 1. The third kappa shape index (κ3) is 4.30. The zero-order valence-electron chi connectivity index (χ0n) is 14.5. The van der Waals surface area contributed by atoms with E-state index in [4.69, 9.17) is 0 Å². The van der Waals surface area contributed by atoms with E-state index in [0.29, 0.717) is 34.8 Å². The van der Waals surface area contributed by atoms with Crippen molar-refractivity contribution in [3.05, 3.63) is 58.5 Å². The summed E-state index contributed by atoms with van der Waals surface area (Å²) in [7, 11) is 0. The largest absolute Gasteiger partial charge is 0.416 e. The molecule has 0 aliphatic heterocycles. The lowest BCUT2D eigenvalue weighted by molar-refractivity contribution is -0.137. The van der Waals surface area contributed by atoms with Crippen LogP contribution in [0.3, 0.4) is 0 Å². The molecule has 3 rings (SSSR count). The minimum atomic E-state index is -4.43. The Bertz CT molecular complexity index is 985. The van der Waals surface area contributed by atoms with Crippen LogP contribution in [-0.2, 0) is 12.6 Å². The fraction of sp³-hybridized carbons (Fsp3) is 0.222. The molecule has 140 valence electrons. The number of hydrogen-bond acceptors (Lipinski definition) is 5. The summed E-state index contributed by atoms with van der Waals surface area (Å²) >= 11 is 1.13.